The van der Waals surface area contributed by atoms with Gasteiger partial charge in [-0.1, -0.05) is 11.1 Å². The molecule has 25 heavy (non-hydrogen) atoms. The lowest BCUT2D eigenvalue weighted by molar-refractivity contribution is 0.0946. The molecule has 128 valence electrons. The number of nitrogens with zero attached hydrogens (tertiary/aromatic N) is 4. The van der Waals surface area contributed by atoms with Crippen LogP contribution in [0, 0.1) is 17.8 Å². The number of anilines is 1. The first-order valence-electron chi connectivity index (χ1n) is 8.81. The molecule has 5 aliphatic carbocycles. The van der Waals surface area contributed by atoms with Crippen LogP contribution in [0.3, 0.4) is 0 Å². The van der Waals surface area contributed by atoms with Crippen molar-refractivity contribution < 1.29 is 4.79 Å². The zero-order valence-corrected chi connectivity index (χ0v) is 13.9. The molecule has 4 bridgehead atoms. The maximum absolute atomic E-state index is 12.5. The van der Waals surface area contributed by atoms with Gasteiger partial charge >= 0.3 is 0 Å². The van der Waals surface area contributed by atoms with Crippen LogP contribution in [0.15, 0.2) is 35.8 Å². The number of nitrogen functional groups attached to an aromatic ring is 1. The largest absolute Gasteiger partial charge is 0.382 e. The number of allylic oxidation sites excluding steroid dienone is 1. The molecule has 7 nitrogen and oxygen atoms in total. The summed E-state index contributed by atoms with van der Waals surface area (Å²) in [6.45, 7) is 0.629. The Balaban J connectivity index is 1.32. The van der Waals surface area contributed by atoms with Gasteiger partial charge in [0.25, 0.3) is 11.9 Å². The van der Waals surface area contributed by atoms with Gasteiger partial charge in [-0.2, -0.15) is 0 Å². The monoisotopic (exact) mass is 336 g/mol. The van der Waals surface area contributed by atoms with Gasteiger partial charge in [0.1, 0.15) is 5.56 Å². The van der Waals surface area contributed by atoms with Crippen molar-refractivity contribution in [1.29, 1.82) is 0 Å². The summed E-state index contributed by atoms with van der Waals surface area (Å²) in [4.78, 5) is 20.8. The lowest BCUT2D eigenvalue weighted by Crippen LogP contribution is -2.44. The maximum atomic E-state index is 12.5. The molecule has 2 aromatic rings. The lowest BCUT2D eigenvalue weighted by Gasteiger charge is -2.54. The molecule has 2 unspecified atom stereocenters. The minimum absolute atomic E-state index is 0.190. The topological polar surface area (TPSA) is 98.7 Å². The fraction of sp³-hybridized carbons (Fsp3) is 0.444. The van der Waals surface area contributed by atoms with E-state index in [0.29, 0.717) is 18.1 Å². The molecule has 3 N–H and O–H groups in total. The molecule has 7 rings (SSSR count). The number of nitrogens with two attached hydrogens (primary N) is 1. The highest BCUT2D eigenvalue weighted by Crippen LogP contribution is 2.59. The van der Waals surface area contributed by atoms with Gasteiger partial charge in [-0.05, 0) is 49.5 Å². The molecule has 0 radical (unpaired) electrons. The fourth-order valence-electron chi connectivity index (χ4n) is 4.86. The summed E-state index contributed by atoms with van der Waals surface area (Å²) < 4.78 is 1.43. The van der Waals surface area contributed by atoms with E-state index in [1.165, 1.54) is 29.5 Å². The number of rotatable bonds is 4. The number of hydrogen-bond acceptors (Lipinski definition) is 5. The van der Waals surface area contributed by atoms with Gasteiger partial charge in [0, 0.05) is 25.1 Å². The first-order chi connectivity index (χ1) is 12.2. The number of hydrogen-bond donors (Lipinski definition) is 2. The first-order valence-corrected chi connectivity index (χ1v) is 8.81. The maximum Gasteiger partial charge on any atom is 0.256 e. The van der Waals surface area contributed by atoms with E-state index in [1.807, 2.05) is 0 Å². The quantitative estimate of drug-likeness (QED) is 0.828. The molecule has 3 fully saturated rings. The second kappa shape index (κ2) is 5.40. The molecule has 2 atom stereocenters. The van der Waals surface area contributed by atoms with Crippen LogP contribution in [0.1, 0.15) is 36.0 Å². The molecule has 0 aliphatic heterocycles. The Kier molecular flexibility index (Phi) is 3.16. The molecule has 7 heteroatoms. The molecular weight excluding hydrogens is 316 g/mol. The number of nitrogens with one attached hydrogen (secondary N) is 1. The van der Waals surface area contributed by atoms with E-state index >= 15 is 0 Å². The van der Waals surface area contributed by atoms with Gasteiger partial charge < -0.3 is 11.1 Å². The second-order valence-electron chi connectivity index (χ2n) is 7.33. The highest BCUT2D eigenvalue weighted by molar-refractivity contribution is 5.98. The molecule has 2 aromatic heterocycles. The van der Waals surface area contributed by atoms with Crippen molar-refractivity contribution in [3.63, 3.8) is 0 Å². The summed E-state index contributed by atoms with van der Waals surface area (Å²) in [6, 6.07) is 1.72. The van der Waals surface area contributed by atoms with Crippen LogP contribution in [0.25, 0.3) is 5.95 Å². The fourth-order valence-corrected chi connectivity index (χ4v) is 4.86. The van der Waals surface area contributed by atoms with Gasteiger partial charge in [0.2, 0.25) is 0 Å². The third-order valence-electron chi connectivity index (χ3n) is 5.83. The summed E-state index contributed by atoms with van der Waals surface area (Å²) in [5, 5.41) is 7.18. The van der Waals surface area contributed by atoms with E-state index in [0.717, 1.165) is 24.2 Å². The predicted molar refractivity (Wildman–Crippen MR) is 91.9 cm³/mol. The van der Waals surface area contributed by atoms with Crippen LogP contribution in [0.2, 0.25) is 0 Å². The van der Waals surface area contributed by atoms with Gasteiger partial charge in [-0.3, -0.25) is 4.79 Å². The summed E-state index contributed by atoms with van der Waals surface area (Å²) >= 11 is 0. The molecule has 0 spiro atoms. The molecule has 1 amide bonds. The van der Waals surface area contributed by atoms with E-state index in [9.17, 15) is 4.79 Å². The Bertz CT molecular complexity index is 857. The average molecular weight is 336 g/mol. The van der Waals surface area contributed by atoms with Gasteiger partial charge in [0.15, 0.2) is 5.82 Å². The van der Waals surface area contributed by atoms with E-state index in [1.54, 1.807) is 30.2 Å². The Morgan fingerprint density at radius 3 is 2.72 bits per heavy atom. The van der Waals surface area contributed by atoms with Crippen molar-refractivity contribution in [2.45, 2.75) is 25.7 Å². The second-order valence-corrected chi connectivity index (χ2v) is 7.33. The van der Waals surface area contributed by atoms with E-state index in [-0.39, 0.29) is 11.7 Å². The normalized spacial score (nSPS) is 26.5. The smallest absolute Gasteiger partial charge is 0.256 e. The van der Waals surface area contributed by atoms with Gasteiger partial charge in [-0.15, -0.1) is 5.10 Å². The minimum atomic E-state index is -0.192. The number of amides is 1. The number of carbonyl (C=O) groups excluding carboxylic acids is 1. The molecule has 0 saturated heterocycles. The third-order valence-corrected chi connectivity index (χ3v) is 5.83. The van der Waals surface area contributed by atoms with Gasteiger partial charge in [-0.25, -0.2) is 14.6 Å². The summed E-state index contributed by atoms with van der Waals surface area (Å²) in [5.74, 6) is 2.82. The number of carbonyl (C=O) groups is 1. The zero-order valence-electron chi connectivity index (χ0n) is 13.9. The van der Waals surface area contributed by atoms with Crippen LogP contribution in [0.4, 0.5) is 5.82 Å². The highest BCUT2D eigenvalue weighted by Gasteiger charge is 2.47. The van der Waals surface area contributed by atoms with Crippen LogP contribution < -0.4 is 11.1 Å². The lowest BCUT2D eigenvalue weighted by atomic mass is 9.51. The van der Waals surface area contributed by atoms with Crippen molar-refractivity contribution in [3.05, 3.63) is 41.4 Å². The average Bonchev–Trinajstić information content (AvgIpc) is 3.02. The van der Waals surface area contributed by atoms with E-state index < -0.39 is 0 Å². The van der Waals surface area contributed by atoms with Crippen LogP contribution in [-0.4, -0.2) is 32.2 Å². The minimum Gasteiger partial charge on any atom is -0.382 e. The Morgan fingerprint density at radius 2 is 2.00 bits per heavy atom. The summed E-state index contributed by atoms with van der Waals surface area (Å²) in [6.07, 6.45) is 10.1. The van der Waals surface area contributed by atoms with Crippen LogP contribution in [0.5, 0.6) is 0 Å². The molecule has 2 heterocycles. The zero-order chi connectivity index (χ0) is 17.0. The van der Waals surface area contributed by atoms with Gasteiger partial charge in [0.05, 0.1) is 0 Å². The van der Waals surface area contributed by atoms with E-state index in [2.05, 4.69) is 20.4 Å². The predicted octanol–water partition coefficient (Wildman–Crippen LogP) is 1.72. The Hall–Kier alpha value is -2.70. The van der Waals surface area contributed by atoms with Crippen molar-refractivity contribution in [2.75, 3.05) is 12.3 Å². The third kappa shape index (κ3) is 2.33. The molecular formula is C18H20N6O. The van der Waals surface area contributed by atoms with Crippen molar-refractivity contribution >= 4 is 11.7 Å². The summed E-state index contributed by atoms with van der Waals surface area (Å²) in [7, 11) is 0. The van der Waals surface area contributed by atoms with E-state index in [4.69, 9.17) is 5.73 Å². The molecule has 0 aromatic carbocycles. The van der Waals surface area contributed by atoms with Crippen LogP contribution in [-0.2, 0) is 0 Å². The SMILES string of the molecule is Nc1nn(-c2ncccn2)cc1C(=O)NCC1=C2C3CC(C1)CC2C3. The first kappa shape index (κ1) is 14.6. The Labute approximate surface area is 145 Å². The van der Waals surface area contributed by atoms with Crippen LogP contribution >= 0.6 is 0 Å². The summed E-state index contributed by atoms with van der Waals surface area (Å²) in [5.41, 5.74) is 9.38. The molecule has 3 saturated carbocycles. The number of fused-ring (bicyclic) bond motifs is 1. The highest BCUT2D eigenvalue weighted by atomic mass is 16.1. The van der Waals surface area contributed by atoms with Crippen molar-refractivity contribution in [3.8, 4) is 5.95 Å². The number of aromatic nitrogens is 4. The Morgan fingerprint density at radius 1 is 1.24 bits per heavy atom. The standard InChI is InChI=1S/C18H20N6O/c19-16-14(9-24(23-16)18-20-2-1-3-21-18)17(25)22-8-13-6-10-4-11-7-12(5-10)15(11)13/h1-3,9-12H,4-8H2,(H2,19,23)(H,22,25). The van der Waals surface area contributed by atoms with Crippen molar-refractivity contribution in [1.82, 2.24) is 25.1 Å². The molecule has 5 aliphatic rings. The van der Waals surface area contributed by atoms with Crippen molar-refractivity contribution in [2.24, 2.45) is 17.8 Å².